The topological polar surface area (TPSA) is 71.7 Å². The lowest BCUT2D eigenvalue weighted by atomic mass is 10.2. The number of aromatic nitrogens is 2. The highest BCUT2D eigenvalue weighted by Gasteiger charge is 2.15. The molecular weight excluding hydrogens is 372 g/mol. The minimum Gasteiger partial charge on any atom is -0.497 e. The molecule has 3 aromatic rings. The molecule has 0 aliphatic heterocycles. The molecular formula is C22H24N2O5. The monoisotopic (exact) mass is 396 g/mol. The third kappa shape index (κ3) is 5.22. The molecule has 152 valence electrons. The average Bonchev–Trinajstić information content (AvgIpc) is 2.76. The number of rotatable bonds is 9. The van der Waals surface area contributed by atoms with Gasteiger partial charge in [0, 0.05) is 19.4 Å². The zero-order valence-corrected chi connectivity index (χ0v) is 16.5. The molecule has 0 aliphatic carbocycles. The maximum atomic E-state index is 12.9. The van der Waals surface area contributed by atoms with Crippen LogP contribution in [0.1, 0.15) is 17.4 Å². The smallest absolute Gasteiger partial charge is 0.333 e. The molecule has 1 heterocycles. The summed E-state index contributed by atoms with van der Waals surface area (Å²) in [6, 6.07) is 18.3. The number of methoxy groups -OCH3 is 2. The Morgan fingerprint density at radius 1 is 0.897 bits per heavy atom. The molecule has 7 heteroatoms. The van der Waals surface area contributed by atoms with Crippen LogP contribution in [0.4, 0.5) is 0 Å². The Labute approximate surface area is 168 Å². The summed E-state index contributed by atoms with van der Waals surface area (Å²) in [7, 11) is 3.09. The van der Waals surface area contributed by atoms with Gasteiger partial charge in [-0.1, -0.05) is 42.5 Å². The van der Waals surface area contributed by atoms with Crippen LogP contribution in [0.2, 0.25) is 0 Å². The van der Waals surface area contributed by atoms with Gasteiger partial charge in [-0.25, -0.2) is 4.79 Å². The Morgan fingerprint density at radius 3 is 2.28 bits per heavy atom. The minimum atomic E-state index is -0.645. The molecule has 0 N–H and O–H groups in total. The first kappa shape index (κ1) is 20.6. The number of nitrogens with zero attached hydrogens (tertiary/aromatic N) is 2. The summed E-state index contributed by atoms with van der Waals surface area (Å²) in [6.45, 7) is 0.733. The Bertz CT molecular complexity index is 1030. The van der Waals surface area contributed by atoms with Crippen molar-refractivity contribution in [2.45, 2.75) is 19.4 Å². The van der Waals surface area contributed by atoms with Crippen LogP contribution in [-0.2, 0) is 22.6 Å². The first-order valence-corrected chi connectivity index (χ1v) is 9.21. The standard InChI is InChI=1S/C22H24N2O5/c1-27-19-10-8-17(9-11-19)14-24-20(25)12-13-23(22(24)26)21(28-2)16-29-15-18-6-4-3-5-7-18/h3-13,21H,14-16H2,1-2H3/t21-/m1/s1. The van der Waals surface area contributed by atoms with Crippen molar-refractivity contribution in [2.24, 2.45) is 0 Å². The molecule has 0 saturated heterocycles. The van der Waals surface area contributed by atoms with Crippen molar-refractivity contribution in [3.8, 4) is 5.75 Å². The second kappa shape index (κ2) is 9.86. The molecule has 29 heavy (non-hydrogen) atoms. The molecule has 0 amide bonds. The van der Waals surface area contributed by atoms with Crippen molar-refractivity contribution in [2.75, 3.05) is 20.8 Å². The van der Waals surface area contributed by atoms with E-state index in [-0.39, 0.29) is 18.7 Å². The lowest BCUT2D eigenvalue weighted by molar-refractivity contribution is -0.0415. The zero-order chi connectivity index (χ0) is 20.6. The second-order valence-corrected chi connectivity index (χ2v) is 6.47. The molecule has 0 fully saturated rings. The van der Waals surface area contributed by atoms with Crippen molar-refractivity contribution >= 4 is 0 Å². The molecule has 0 spiro atoms. The van der Waals surface area contributed by atoms with Gasteiger partial charge in [-0.3, -0.25) is 13.9 Å². The quantitative estimate of drug-likeness (QED) is 0.556. The van der Waals surface area contributed by atoms with E-state index in [0.29, 0.717) is 12.4 Å². The van der Waals surface area contributed by atoms with Crippen LogP contribution in [0, 0.1) is 0 Å². The van der Waals surface area contributed by atoms with Crippen molar-refractivity contribution < 1.29 is 14.2 Å². The maximum Gasteiger partial charge on any atom is 0.333 e. The van der Waals surface area contributed by atoms with Crippen LogP contribution in [-0.4, -0.2) is 30.0 Å². The van der Waals surface area contributed by atoms with E-state index in [1.807, 2.05) is 42.5 Å². The first-order valence-electron chi connectivity index (χ1n) is 9.21. The zero-order valence-electron chi connectivity index (χ0n) is 16.5. The average molecular weight is 396 g/mol. The first-order chi connectivity index (χ1) is 14.1. The van der Waals surface area contributed by atoms with Gasteiger partial charge in [0.2, 0.25) is 0 Å². The lowest BCUT2D eigenvalue weighted by Gasteiger charge is -2.19. The molecule has 0 bridgehead atoms. The van der Waals surface area contributed by atoms with E-state index in [2.05, 4.69) is 0 Å². The van der Waals surface area contributed by atoms with Gasteiger partial charge in [0.15, 0.2) is 6.23 Å². The predicted molar refractivity (Wildman–Crippen MR) is 109 cm³/mol. The van der Waals surface area contributed by atoms with Crippen LogP contribution in [0.15, 0.2) is 76.4 Å². The molecule has 0 saturated carbocycles. The van der Waals surface area contributed by atoms with Crippen molar-refractivity contribution in [3.63, 3.8) is 0 Å². The number of ether oxygens (including phenoxy) is 3. The molecule has 1 aromatic heterocycles. The van der Waals surface area contributed by atoms with E-state index in [4.69, 9.17) is 14.2 Å². The Hall–Kier alpha value is -3.16. The van der Waals surface area contributed by atoms with Gasteiger partial charge in [0.05, 0.1) is 26.9 Å². The van der Waals surface area contributed by atoms with E-state index in [1.165, 1.54) is 28.5 Å². The number of benzene rings is 2. The third-order valence-electron chi connectivity index (χ3n) is 4.55. The van der Waals surface area contributed by atoms with Crippen LogP contribution >= 0.6 is 0 Å². The van der Waals surface area contributed by atoms with E-state index < -0.39 is 11.9 Å². The molecule has 1 atom stereocenters. The molecule has 0 radical (unpaired) electrons. The lowest BCUT2D eigenvalue weighted by Crippen LogP contribution is -2.41. The van der Waals surface area contributed by atoms with E-state index >= 15 is 0 Å². The Balaban J connectivity index is 1.76. The van der Waals surface area contributed by atoms with Crippen LogP contribution in [0.3, 0.4) is 0 Å². The largest absolute Gasteiger partial charge is 0.497 e. The second-order valence-electron chi connectivity index (χ2n) is 6.47. The number of hydrogen-bond donors (Lipinski definition) is 0. The van der Waals surface area contributed by atoms with Crippen molar-refractivity contribution in [3.05, 3.63) is 98.8 Å². The normalized spacial score (nSPS) is 11.9. The molecule has 7 nitrogen and oxygen atoms in total. The molecule has 0 aliphatic rings. The van der Waals surface area contributed by atoms with E-state index in [9.17, 15) is 9.59 Å². The summed E-state index contributed by atoms with van der Waals surface area (Å²) in [6.07, 6.45) is 0.795. The van der Waals surface area contributed by atoms with Crippen LogP contribution < -0.4 is 16.0 Å². The van der Waals surface area contributed by atoms with E-state index in [0.717, 1.165) is 11.1 Å². The molecule has 2 aromatic carbocycles. The van der Waals surface area contributed by atoms with Crippen LogP contribution in [0.5, 0.6) is 5.75 Å². The molecule has 0 unspecified atom stereocenters. The Morgan fingerprint density at radius 2 is 1.62 bits per heavy atom. The minimum absolute atomic E-state index is 0.157. The van der Waals surface area contributed by atoms with Crippen molar-refractivity contribution in [1.29, 1.82) is 0 Å². The summed E-state index contributed by atoms with van der Waals surface area (Å²) in [5, 5.41) is 0. The maximum absolute atomic E-state index is 12.9. The van der Waals surface area contributed by atoms with Crippen molar-refractivity contribution in [1.82, 2.24) is 9.13 Å². The summed E-state index contributed by atoms with van der Waals surface area (Å²) in [5.74, 6) is 0.710. The summed E-state index contributed by atoms with van der Waals surface area (Å²) < 4.78 is 18.8. The third-order valence-corrected chi connectivity index (χ3v) is 4.55. The van der Waals surface area contributed by atoms with Gasteiger partial charge in [0.25, 0.3) is 5.56 Å². The SMILES string of the molecule is COc1ccc(Cn2c(=O)ccn([C@@H](COCc3ccccc3)OC)c2=O)cc1. The summed E-state index contributed by atoms with van der Waals surface area (Å²) in [5.41, 5.74) is 1.02. The van der Waals surface area contributed by atoms with Gasteiger partial charge in [-0.2, -0.15) is 0 Å². The summed E-state index contributed by atoms with van der Waals surface area (Å²) >= 11 is 0. The Kier molecular flexibility index (Phi) is 6.99. The van der Waals surface area contributed by atoms with Gasteiger partial charge in [-0.05, 0) is 23.3 Å². The van der Waals surface area contributed by atoms with Gasteiger partial charge >= 0.3 is 5.69 Å². The van der Waals surface area contributed by atoms with Crippen LogP contribution in [0.25, 0.3) is 0 Å². The summed E-state index contributed by atoms with van der Waals surface area (Å²) in [4.78, 5) is 25.2. The van der Waals surface area contributed by atoms with E-state index in [1.54, 1.807) is 19.2 Å². The highest BCUT2D eigenvalue weighted by Crippen LogP contribution is 2.12. The fourth-order valence-electron chi connectivity index (χ4n) is 2.92. The fraction of sp³-hybridized carbons (Fsp3) is 0.273. The molecule has 3 rings (SSSR count). The van der Waals surface area contributed by atoms with Gasteiger partial charge in [-0.15, -0.1) is 0 Å². The number of hydrogen-bond acceptors (Lipinski definition) is 5. The highest BCUT2D eigenvalue weighted by molar-refractivity contribution is 5.27. The van der Waals surface area contributed by atoms with Gasteiger partial charge < -0.3 is 14.2 Å². The highest BCUT2D eigenvalue weighted by atomic mass is 16.5. The van der Waals surface area contributed by atoms with Gasteiger partial charge in [0.1, 0.15) is 5.75 Å². The predicted octanol–water partition coefficient (Wildman–Crippen LogP) is 2.43. The fourth-order valence-corrected chi connectivity index (χ4v) is 2.92.